The third kappa shape index (κ3) is 2.84. The summed E-state index contributed by atoms with van der Waals surface area (Å²) in [5, 5.41) is 6.33. The molecule has 0 radical (unpaired) electrons. The minimum absolute atomic E-state index is 0.0347. The lowest BCUT2D eigenvalue weighted by Gasteiger charge is -2.10. The predicted octanol–water partition coefficient (Wildman–Crippen LogP) is 2.30. The molecule has 1 aromatic heterocycles. The van der Waals surface area contributed by atoms with E-state index in [0.29, 0.717) is 6.04 Å². The van der Waals surface area contributed by atoms with Crippen molar-refractivity contribution in [3.05, 3.63) is 20.3 Å². The summed E-state index contributed by atoms with van der Waals surface area (Å²) in [6, 6.07) is 2.38. The molecule has 0 aromatic carbocycles. The molecule has 1 unspecified atom stereocenters. The van der Waals surface area contributed by atoms with Crippen LogP contribution in [0.3, 0.4) is 0 Å². The van der Waals surface area contributed by atoms with Crippen LogP contribution in [-0.4, -0.2) is 25.0 Å². The highest BCUT2D eigenvalue weighted by Gasteiger charge is 2.16. The second-order valence-electron chi connectivity index (χ2n) is 4.07. The highest BCUT2D eigenvalue weighted by molar-refractivity contribution is 9.11. The Morgan fingerprint density at radius 3 is 3.12 bits per heavy atom. The van der Waals surface area contributed by atoms with Gasteiger partial charge in [-0.3, -0.25) is 4.79 Å². The summed E-state index contributed by atoms with van der Waals surface area (Å²) in [5.41, 5.74) is 1.12. The van der Waals surface area contributed by atoms with Crippen molar-refractivity contribution in [2.24, 2.45) is 0 Å². The SMILES string of the molecule is Cc1cc(C(=O)NCC2CCCN2)sc1Br. The molecule has 1 fully saturated rings. The molecule has 88 valence electrons. The van der Waals surface area contributed by atoms with E-state index in [0.717, 1.165) is 33.7 Å². The molecule has 1 amide bonds. The van der Waals surface area contributed by atoms with Gasteiger partial charge >= 0.3 is 0 Å². The van der Waals surface area contributed by atoms with E-state index in [1.165, 1.54) is 17.8 Å². The summed E-state index contributed by atoms with van der Waals surface area (Å²) in [7, 11) is 0. The fraction of sp³-hybridized carbons (Fsp3) is 0.545. The van der Waals surface area contributed by atoms with Gasteiger partial charge in [0.1, 0.15) is 0 Å². The fourth-order valence-corrected chi connectivity index (χ4v) is 3.26. The standard InChI is InChI=1S/C11H15BrN2OS/c1-7-5-9(16-10(7)12)11(15)14-6-8-3-2-4-13-8/h5,8,13H,2-4,6H2,1H3,(H,14,15). The molecule has 2 heterocycles. The predicted molar refractivity (Wildman–Crippen MR) is 70.1 cm³/mol. The van der Waals surface area contributed by atoms with Gasteiger partial charge in [-0.15, -0.1) is 11.3 Å². The summed E-state index contributed by atoms with van der Waals surface area (Å²) in [6.07, 6.45) is 2.37. The number of halogens is 1. The second-order valence-corrected chi connectivity index (χ2v) is 6.44. The second kappa shape index (κ2) is 5.29. The minimum atomic E-state index is 0.0347. The van der Waals surface area contributed by atoms with Gasteiger partial charge in [0.15, 0.2) is 0 Å². The summed E-state index contributed by atoms with van der Waals surface area (Å²) in [4.78, 5) is 12.6. The van der Waals surface area contributed by atoms with Crippen LogP contribution in [0.4, 0.5) is 0 Å². The van der Waals surface area contributed by atoms with E-state index >= 15 is 0 Å². The minimum Gasteiger partial charge on any atom is -0.350 e. The molecule has 5 heteroatoms. The lowest BCUT2D eigenvalue weighted by molar-refractivity contribution is 0.0954. The maximum atomic E-state index is 11.8. The molecule has 1 atom stereocenters. The van der Waals surface area contributed by atoms with Crippen LogP contribution in [0.1, 0.15) is 28.1 Å². The monoisotopic (exact) mass is 302 g/mol. The third-order valence-corrected chi connectivity index (χ3v) is 4.89. The van der Waals surface area contributed by atoms with E-state index in [1.54, 1.807) is 0 Å². The number of hydrogen-bond donors (Lipinski definition) is 2. The van der Waals surface area contributed by atoms with E-state index in [1.807, 2.05) is 13.0 Å². The first-order chi connectivity index (χ1) is 7.66. The number of thiophene rings is 1. The Bertz CT molecular complexity index is 366. The third-order valence-electron chi connectivity index (χ3n) is 2.75. The molecule has 0 spiro atoms. The van der Waals surface area contributed by atoms with Crippen LogP contribution in [-0.2, 0) is 0 Å². The van der Waals surface area contributed by atoms with Crippen LogP contribution in [0.2, 0.25) is 0 Å². The molecule has 0 bridgehead atoms. The number of rotatable bonds is 3. The number of nitrogens with one attached hydrogen (secondary N) is 2. The van der Waals surface area contributed by atoms with E-state index in [2.05, 4.69) is 26.6 Å². The molecule has 0 saturated carbocycles. The Kier molecular flexibility index (Phi) is 4.00. The molecule has 1 aromatic rings. The van der Waals surface area contributed by atoms with Gasteiger partial charge in [0.05, 0.1) is 8.66 Å². The van der Waals surface area contributed by atoms with Crippen LogP contribution in [0, 0.1) is 6.92 Å². The first-order valence-electron chi connectivity index (χ1n) is 5.44. The Hall–Kier alpha value is -0.390. The Morgan fingerprint density at radius 2 is 2.56 bits per heavy atom. The van der Waals surface area contributed by atoms with E-state index in [4.69, 9.17) is 0 Å². The lowest BCUT2D eigenvalue weighted by atomic mass is 10.2. The number of hydrogen-bond acceptors (Lipinski definition) is 3. The molecule has 1 aliphatic heterocycles. The average Bonchev–Trinajstić information content (AvgIpc) is 2.86. The first kappa shape index (κ1) is 12.1. The molecular formula is C11H15BrN2OS. The normalized spacial score (nSPS) is 20.0. The summed E-state index contributed by atoms with van der Waals surface area (Å²) >= 11 is 4.92. The topological polar surface area (TPSA) is 41.1 Å². The molecule has 16 heavy (non-hydrogen) atoms. The maximum absolute atomic E-state index is 11.8. The van der Waals surface area contributed by atoms with Crippen molar-refractivity contribution in [3.63, 3.8) is 0 Å². The van der Waals surface area contributed by atoms with E-state index in [-0.39, 0.29) is 5.91 Å². The zero-order chi connectivity index (χ0) is 11.5. The highest BCUT2D eigenvalue weighted by Crippen LogP contribution is 2.27. The molecule has 2 rings (SSSR count). The van der Waals surface area contributed by atoms with Crippen molar-refractivity contribution in [3.8, 4) is 0 Å². The van der Waals surface area contributed by atoms with Crippen LogP contribution >= 0.6 is 27.3 Å². The van der Waals surface area contributed by atoms with Gasteiger partial charge in [0, 0.05) is 12.6 Å². The number of carbonyl (C=O) groups excluding carboxylic acids is 1. The van der Waals surface area contributed by atoms with E-state index < -0.39 is 0 Å². The lowest BCUT2D eigenvalue weighted by Crippen LogP contribution is -2.36. The quantitative estimate of drug-likeness (QED) is 0.899. The molecular weight excluding hydrogens is 288 g/mol. The van der Waals surface area contributed by atoms with Crippen molar-refractivity contribution in [2.45, 2.75) is 25.8 Å². The Morgan fingerprint density at radius 1 is 1.75 bits per heavy atom. The molecule has 3 nitrogen and oxygen atoms in total. The number of aryl methyl sites for hydroxylation is 1. The van der Waals surface area contributed by atoms with Crippen molar-refractivity contribution < 1.29 is 4.79 Å². The molecule has 2 N–H and O–H groups in total. The van der Waals surface area contributed by atoms with Gasteiger partial charge in [0.25, 0.3) is 5.91 Å². The Balaban J connectivity index is 1.87. The molecule has 0 aliphatic carbocycles. The Labute approximate surface area is 108 Å². The van der Waals surface area contributed by atoms with Gasteiger partial charge in [0.2, 0.25) is 0 Å². The van der Waals surface area contributed by atoms with Gasteiger partial charge in [-0.05, 0) is 53.9 Å². The largest absolute Gasteiger partial charge is 0.350 e. The highest BCUT2D eigenvalue weighted by atomic mass is 79.9. The van der Waals surface area contributed by atoms with Gasteiger partial charge in [-0.2, -0.15) is 0 Å². The molecule has 1 saturated heterocycles. The van der Waals surface area contributed by atoms with Gasteiger partial charge in [-0.1, -0.05) is 0 Å². The number of amides is 1. The average molecular weight is 303 g/mol. The van der Waals surface area contributed by atoms with Crippen molar-refractivity contribution in [1.29, 1.82) is 0 Å². The van der Waals surface area contributed by atoms with Crippen LogP contribution in [0.25, 0.3) is 0 Å². The van der Waals surface area contributed by atoms with Crippen molar-refractivity contribution in [2.75, 3.05) is 13.1 Å². The van der Waals surface area contributed by atoms with Crippen molar-refractivity contribution >= 4 is 33.2 Å². The van der Waals surface area contributed by atoms with Gasteiger partial charge in [-0.25, -0.2) is 0 Å². The van der Waals surface area contributed by atoms with Gasteiger partial charge < -0.3 is 10.6 Å². The summed E-state index contributed by atoms with van der Waals surface area (Å²) in [6.45, 7) is 3.80. The molecule has 1 aliphatic rings. The summed E-state index contributed by atoms with van der Waals surface area (Å²) < 4.78 is 1.04. The maximum Gasteiger partial charge on any atom is 0.261 e. The van der Waals surface area contributed by atoms with Crippen LogP contribution < -0.4 is 10.6 Å². The fourth-order valence-electron chi connectivity index (χ4n) is 1.81. The van der Waals surface area contributed by atoms with E-state index in [9.17, 15) is 4.79 Å². The zero-order valence-corrected chi connectivity index (χ0v) is 11.6. The summed E-state index contributed by atoms with van der Waals surface area (Å²) in [5.74, 6) is 0.0347. The van der Waals surface area contributed by atoms with Crippen LogP contribution in [0.15, 0.2) is 9.85 Å². The van der Waals surface area contributed by atoms with Crippen LogP contribution in [0.5, 0.6) is 0 Å². The zero-order valence-electron chi connectivity index (χ0n) is 9.18. The smallest absolute Gasteiger partial charge is 0.261 e. The first-order valence-corrected chi connectivity index (χ1v) is 7.05. The number of carbonyl (C=O) groups is 1. The van der Waals surface area contributed by atoms with Crippen molar-refractivity contribution in [1.82, 2.24) is 10.6 Å².